The molecule has 3 atom stereocenters. The zero-order valence-corrected chi connectivity index (χ0v) is 16.6. The summed E-state index contributed by atoms with van der Waals surface area (Å²) in [4.78, 5) is 41.2. The second-order valence-electron chi connectivity index (χ2n) is 8.10. The summed E-state index contributed by atoms with van der Waals surface area (Å²) in [6, 6.07) is 0. The molecule has 3 unspecified atom stereocenters. The highest BCUT2D eigenvalue weighted by Crippen LogP contribution is 2.35. The van der Waals surface area contributed by atoms with Crippen LogP contribution < -0.4 is 11.2 Å². The standard InChI is InChI=1S/C19H28N4O4/c1-11(2)13-7-6-12(3)8-14(13)27-15(24)9-23-10-20-17-16(23)18(25)22(5)19(26)21(17)4/h10-14H,6-9H2,1-5H3. The van der Waals surface area contributed by atoms with E-state index < -0.39 is 11.2 Å². The minimum Gasteiger partial charge on any atom is -0.461 e. The lowest BCUT2D eigenvalue weighted by Gasteiger charge is -2.36. The maximum atomic E-state index is 12.6. The van der Waals surface area contributed by atoms with Gasteiger partial charge in [0.2, 0.25) is 0 Å². The van der Waals surface area contributed by atoms with Gasteiger partial charge in [-0.1, -0.05) is 27.2 Å². The third-order valence-corrected chi connectivity index (χ3v) is 5.76. The number of ether oxygens (including phenoxy) is 1. The van der Waals surface area contributed by atoms with Crippen LogP contribution in [0.15, 0.2) is 15.9 Å². The first-order chi connectivity index (χ1) is 12.7. The Kier molecular flexibility index (Phi) is 5.26. The fourth-order valence-corrected chi connectivity index (χ4v) is 4.11. The maximum absolute atomic E-state index is 12.6. The Morgan fingerprint density at radius 2 is 1.96 bits per heavy atom. The van der Waals surface area contributed by atoms with E-state index in [1.807, 2.05) is 0 Å². The molecule has 3 rings (SSSR count). The summed E-state index contributed by atoms with van der Waals surface area (Å²) in [7, 11) is 2.97. The van der Waals surface area contributed by atoms with Crippen molar-refractivity contribution < 1.29 is 9.53 Å². The van der Waals surface area contributed by atoms with Crippen LogP contribution in [0.25, 0.3) is 11.2 Å². The summed E-state index contributed by atoms with van der Waals surface area (Å²) in [5, 5.41) is 0. The quantitative estimate of drug-likeness (QED) is 0.754. The van der Waals surface area contributed by atoms with Gasteiger partial charge in [-0.25, -0.2) is 9.78 Å². The first kappa shape index (κ1) is 19.4. The van der Waals surface area contributed by atoms with Crippen LogP contribution in [0.1, 0.15) is 40.0 Å². The molecule has 2 aromatic rings. The monoisotopic (exact) mass is 376 g/mol. The molecule has 8 nitrogen and oxygen atoms in total. The highest BCUT2D eigenvalue weighted by molar-refractivity contribution is 5.75. The molecule has 0 aliphatic heterocycles. The average Bonchev–Trinajstić information content (AvgIpc) is 3.01. The molecule has 0 bridgehead atoms. The first-order valence-electron chi connectivity index (χ1n) is 9.51. The third-order valence-electron chi connectivity index (χ3n) is 5.76. The van der Waals surface area contributed by atoms with Crippen LogP contribution in [0, 0.1) is 17.8 Å². The molecule has 1 saturated carbocycles. The van der Waals surface area contributed by atoms with Gasteiger partial charge in [0, 0.05) is 14.1 Å². The maximum Gasteiger partial charge on any atom is 0.332 e. The fraction of sp³-hybridized carbons (Fsp3) is 0.684. The Hall–Kier alpha value is -2.38. The largest absolute Gasteiger partial charge is 0.461 e. The van der Waals surface area contributed by atoms with Crippen LogP contribution >= 0.6 is 0 Å². The number of hydrogen-bond acceptors (Lipinski definition) is 5. The Balaban J connectivity index is 1.84. The zero-order chi connectivity index (χ0) is 19.9. The van der Waals surface area contributed by atoms with Crippen molar-refractivity contribution in [3.8, 4) is 0 Å². The molecule has 8 heteroatoms. The number of esters is 1. The predicted molar refractivity (Wildman–Crippen MR) is 101 cm³/mol. The van der Waals surface area contributed by atoms with E-state index in [9.17, 15) is 14.4 Å². The van der Waals surface area contributed by atoms with E-state index in [1.165, 1.54) is 22.5 Å². The molecule has 2 aromatic heterocycles. The van der Waals surface area contributed by atoms with Crippen molar-refractivity contribution in [1.29, 1.82) is 0 Å². The molecule has 0 aromatic carbocycles. The second-order valence-corrected chi connectivity index (χ2v) is 8.10. The minimum atomic E-state index is -0.468. The Morgan fingerprint density at radius 1 is 1.26 bits per heavy atom. The number of hydrogen-bond donors (Lipinski definition) is 0. The highest BCUT2D eigenvalue weighted by Gasteiger charge is 2.33. The number of aromatic nitrogens is 4. The van der Waals surface area contributed by atoms with Crippen molar-refractivity contribution in [2.75, 3.05) is 0 Å². The number of aryl methyl sites for hydroxylation is 1. The summed E-state index contributed by atoms with van der Waals surface area (Å²) in [5.41, 5.74) is -0.419. The minimum absolute atomic E-state index is 0.0942. The lowest BCUT2D eigenvalue weighted by atomic mass is 9.75. The number of nitrogens with zero attached hydrogens (tertiary/aromatic N) is 4. The molecule has 0 radical (unpaired) electrons. The molecular formula is C19H28N4O4. The second kappa shape index (κ2) is 7.32. The Bertz CT molecular complexity index is 968. The van der Waals surface area contributed by atoms with Crippen LogP contribution in [0.5, 0.6) is 0 Å². The Morgan fingerprint density at radius 3 is 2.63 bits per heavy atom. The van der Waals surface area contributed by atoms with E-state index >= 15 is 0 Å². The fourth-order valence-electron chi connectivity index (χ4n) is 4.11. The van der Waals surface area contributed by atoms with E-state index in [-0.39, 0.29) is 29.8 Å². The lowest BCUT2D eigenvalue weighted by molar-refractivity contribution is -0.156. The molecule has 1 aliphatic carbocycles. The molecule has 27 heavy (non-hydrogen) atoms. The van der Waals surface area contributed by atoms with Gasteiger partial charge >= 0.3 is 11.7 Å². The molecule has 0 spiro atoms. The summed E-state index contributed by atoms with van der Waals surface area (Å²) >= 11 is 0. The first-order valence-corrected chi connectivity index (χ1v) is 9.51. The van der Waals surface area contributed by atoms with Crippen LogP contribution in [0.3, 0.4) is 0 Å². The molecule has 0 N–H and O–H groups in total. The van der Waals surface area contributed by atoms with E-state index in [0.29, 0.717) is 17.8 Å². The molecule has 148 valence electrons. The summed E-state index contributed by atoms with van der Waals surface area (Å²) in [6.07, 6.45) is 4.41. The van der Waals surface area contributed by atoms with Crippen LogP contribution in [0.4, 0.5) is 0 Å². The van der Waals surface area contributed by atoms with Crippen molar-refractivity contribution in [3.63, 3.8) is 0 Å². The molecule has 2 heterocycles. The molecular weight excluding hydrogens is 348 g/mol. The van der Waals surface area contributed by atoms with E-state index in [4.69, 9.17) is 4.74 Å². The van der Waals surface area contributed by atoms with Crippen LogP contribution in [-0.2, 0) is 30.2 Å². The van der Waals surface area contributed by atoms with E-state index in [2.05, 4.69) is 25.8 Å². The van der Waals surface area contributed by atoms with Gasteiger partial charge in [-0.2, -0.15) is 0 Å². The molecule has 0 saturated heterocycles. The van der Waals surface area contributed by atoms with Gasteiger partial charge in [-0.05, 0) is 30.6 Å². The third kappa shape index (κ3) is 3.57. The zero-order valence-electron chi connectivity index (χ0n) is 16.6. The number of carbonyl (C=O) groups excluding carboxylic acids is 1. The van der Waals surface area contributed by atoms with Crippen molar-refractivity contribution >= 4 is 17.1 Å². The molecule has 1 fully saturated rings. The van der Waals surface area contributed by atoms with Gasteiger partial charge in [-0.3, -0.25) is 18.7 Å². The highest BCUT2D eigenvalue weighted by atomic mass is 16.5. The summed E-state index contributed by atoms with van der Waals surface area (Å²) in [6.45, 7) is 6.41. The van der Waals surface area contributed by atoms with E-state index in [0.717, 1.165) is 23.8 Å². The van der Waals surface area contributed by atoms with Crippen LogP contribution in [-0.4, -0.2) is 30.8 Å². The van der Waals surface area contributed by atoms with Gasteiger partial charge in [0.15, 0.2) is 11.2 Å². The molecule has 0 amide bonds. The van der Waals surface area contributed by atoms with Crippen molar-refractivity contribution in [1.82, 2.24) is 18.7 Å². The smallest absolute Gasteiger partial charge is 0.332 e. The van der Waals surface area contributed by atoms with Crippen LogP contribution in [0.2, 0.25) is 0 Å². The number of carbonyl (C=O) groups is 1. The average molecular weight is 376 g/mol. The SMILES string of the molecule is CC1CCC(C(C)C)C(OC(=O)Cn2cnc3c2c(=O)n(C)c(=O)n3C)C1. The lowest BCUT2D eigenvalue weighted by Crippen LogP contribution is -2.38. The number of rotatable bonds is 4. The predicted octanol–water partition coefficient (Wildman–Crippen LogP) is 1.44. The summed E-state index contributed by atoms with van der Waals surface area (Å²) < 4.78 is 9.60. The van der Waals surface area contributed by atoms with Gasteiger partial charge in [0.25, 0.3) is 5.56 Å². The van der Waals surface area contributed by atoms with Gasteiger partial charge in [0.05, 0.1) is 6.33 Å². The van der Waals surface area contributed by atoms with Crippen molar-refractivity contribution in [2.45, 2.75) is 52.7 Å². The Labute approximate surface area is 157 Å². The van der Waals surface area contributed by atoms with Gasteiger partial charge in [-0.15, -0.1) is 0 Å². The summed E-state index contributed by atoms with van der Waals surface area (Å²) in [5.74, 6) is 0.966. The van der Waals surface area contributed by atoms with Gasteiger partial charge < -0.3 is 9.30 Å². The van der Waals surface area contributed by atoms with Gasteiger partial charge in [0.1, 0.15) is 12.6 Å². The van der Waals surface area contributed by atoms with E-state index in [1.54, 1.807) is 7.05 Å². The normalized spacial score (nSPS) is 23.1. The van der Waals surface area contributed by atoms with Crippen molar-refractivity contribution in [3.05, 3.63) is 27.2 Å². The van der Waals surface area contributed by atoms with Crippen molar-refractivity contribution in [2.24, 2.45) is 31.8 Å². The molecule has 1 aliphatic rings. The number of fused-ring (bicyclic) bond motifs is 1. The number of imidazole rings is 1. The topological polar surface area (TPSA) is 88.1 Å².